The molecular formula is C18H26O2. The quantitative estimate of drug-likeness (QED) is 0.743. The number of hydrogen-bond acceptors (Lipinski definition) is 2. The third-order valence-corrected chi connectivity index (χ3v) is 4.88. The monoisotopic (exact) mass is 274 g/mol. The molecule has 110 valence electrons. The van der Waals surface area contributed by atoms with Gasteiger partial charge in [0.25, 0.3) is 0 Å². The number of methoxy groups -OCH3 is 1. The zero-order valence-electron chi connectivity index (χ0n) is 13.2. The first-order chi connectivity index (χ1) is 9.58. The van der Waals surface area contributed by atoms with E-state index < -0.39 is 0 Å². The van der Waals surface area contributed by atoms with Crippen molar-refractivity contribution in [2.45, 2.75) is 52.9 Å². The van der Waals surface area contributed by atoms with E-state index in [1.54, 1.807) is 7.11 Å². The summed E-state index contributed by atoms with van der Waals surface area (Å²) in [5.41, 5.74) is 3.03. The lowest BCUT2D eigenvalue weighted by molar-refractivity contribution is 0.0858. The summed E-state index contributed by atoms with van der Waals surface area (Å²) in [6.45, 7) is 6.31. The fourth-order valence-electron chi connectivity index (χ4n) is 3.37. The summed E-state index contributed by atoms with van der Waals surface area (Å²) in [6.07, 6.45) is 5.73. The molecule has 2 nitrogen and oxygen atoms in total. The fourth-order valence-corrected chi connectivity index (χ4v) is 3.37. The molecule has 0 N–H and O–H groups in total. The van der Waals surface area contributed by atoms with Gasteiger partial charge in [-0.25, -0.2) is 0 Å². The molecule has 0 aliphatic heterocycles. The molecule has 2 atom stereocenters. The number of rotatable bonds is 4. The van der Waals surface area contributed by atoms with Crippen LogP contribution in [0.1, 0.15) is 60.5 Å². The average Bonchev–Trinajstić information content (AvgIpc) is 2.49. The van der Waals surface area contributed by atoms with Crippen LogP contribution in [0.5, 0.6) is 5.75 Å². The summed E-state index contributed by atoms with van der Waals surface area (Å²) in [4.78, 5) is 12.8. The molecule has 1 aliphatic carbocycles. The first-order valence-electron chi connectivity index (χ1n) is 7.76. The van der Waals surface area contributed by atoms with Crippen molar-refractivity contribution >= 4 is 5.78 Å². The largest absolute Gasteiger partial charge is 0.496 e. The molecule has 0 radical (unpaired) electrons. The summed E-state index contributed by atoms with van der Waals surface area (Å²) in [6, 6.07) is 3.98. The Hall–Kier alpha value is -1.31. The molecule has 1 aliphatic rings. The molecular weight excluding hydrogens is 248 g/mol. The van der Waals surface area contributed by atoms with E-state index in [0.29, 0.717) is 0 Å². The summed E-state index contributed by atoms with van der Waals surface area (Å²) in [7, 11) is 1.66. The molecule has 20 heavy (non-hydrogen) atoms. The Morgan fingerprint density at radius 1 is 1.30 bits per heavy atom. The number of carbonyl (C=O) groups is 1. The van der Waals surface area contributed by atoms with Crippen LogP contribution in [-0.2, 0) is 0 Å². The molecule has 0 heterocycles. The number of ketones is 1. The first kappa shape index (κ1) is 15.1. The van der Waals surface area contributed by atoms with E-state index in [9.17, 15) is 4.79 Å². The van der Waals surface area contributed by atoms with Gasteiger partial charge in [-0.15, -0.1) is 0 Å². The van der Waals surface area contributed by atoms with Gasteiger partial charge < -0.3 is 4.74 Å². The van der Waals surface area contributed by atoms with E-state index in [1.165, 1.54) is 24.8 Å². The summed E-state index contributed by atoms with van der Waals surface area (Å²) in [5, 5.41) is 0. The van der Waals surface area contributed by atoms with E-state index in [4.69, 9.17) is 4.74 Å². The van der Waals surface area contributed by atoms with Crippen LogP contribution in [0.2, 0.25) is 0 Å². The zero-order chi connectivity index (χ0) is 14.7. The second-order valence-electron chi connectivity index (χ2n) is 6.09. The smallest absolute Gasteiger partial charge is 0.169 e. The molecule has 0 aromatic heterocycles. The minimum Gasteiger partial charge on any atom is -0.496 e. The maximum Gasteiger partial charge on any atom is 0.169 e. The summed E-state index contributed by atoms with van der Waals surface area (Å²) >= 11 is 0. The number of ether oxygens (including phenoxy) is 1. The molecule has 1 fully saturated rings. The Bertz CT molecular complexity index is 490. The van der Waals surface area contributed by atoms with Crippen LogP contribution < -0.4 is 4.74 Å². The van der Waals surface area contributed by atoms with Crippen LogP contribution in [0, 0.1) is 25.7 Å². The van der Waals surface area contributed by atoms with Crippen LogP contribution in [-0.4, -0.2) is 12.9 Å². The van der Waals surface area contributed by atoms with E-state index in [0.717, 1.165) is 35.6 Å². The molecule has 0 spiro atoms. The lowest BCUT2D eigenvalue weighted by atomic mass is 9.76. The Morgan fingerprint density at radius 3 is 2.70 bits per heavy atom. The van der Waals surface area contributed by atoms with Gasteiger partial charge in [0.1, 0.15) is 5.75 Å². The topological polar surface area (TPSA) is 26.3 Å². The van der Waals surface area contributed by atoms with Gasteiger partial charge in [0.15, 0.2) is 5.78 Å². The van der Waals surface area contributed by atoms with E-state index in [1.807, 2.05) is 19.1 Å². The van der Waals surface area contributed by atoms with Crippen molar-refractivity contribution < 1.29 is 9.53 Å². The van der Waals surface area contributed by atoms with E-state index >= 15 is 0 Å². The maximum absolute atomic E-state index is 12.8. The molecule has 2 unspecified atom stereocenters. The van der Waals surface area contributed by atoms with Crippen molar-refractivity contribution in [2.24, 2.45) is 11.8 Å². The normalized spacial score (nSPS) is 22.6. The van der Waals surface area contributed by atoms with Gasteiger partial charge in [-0.2, -0.15) is 0 Å². The number of benzene rings is 1. The number of hydrogen-bond donors (Lipinski definition) is 0. The highest BCUT2D eigenvalue weighted by Crippen LogP contribution is 2.36. The minimum absolute atomic E-state index is 0.185. The maximum atomic E-state index is 12.8. The second kappa shape index (κ2) is 6.43. The number of aryl methyl sites for hydroxylation is 1. The first-order valence-corrected chi connectivity index (χ1v) is 7.76. The van der Waals surface area contributed by atoms with Crippen molar-refractivity contribution in [2.75, 3.05) is 7.11 Å². The highest BCUT2D eigenvalue weighted by atomic mass is 16.5. The van der Waals surface area contributed by atoms with Gasteiger partial charge in [-0.1, -0.05) is 32.3 Å². The average molecular weight is 274 g/mol. The third-order valence-electron chi connectivity index (χ3n) is 4.88. The Morgan fingerprint density at radius 2 is 2.05 bits per heavy atom. The fraction of sp³-hybridized carbons (Fsp3) is 0.611. The van der Waals surface area contributed by atoms with Gasteiger partial charge in [0, 0.05) is 5.92 Å². The van der Waals surface area contributed by atoms with Gasteiger partial charge >= 0.3 is 0 Å². The zero-order valence-corrected chi connectivity index (χ0v) is 13.2. The molecule has 2 rings (SSSR count). The van der Waals surface area contributed by atoms with Crippen LogP contribution in [0.3, 0.4) is 0 Å². The highest BCUT2D eigenvalue weighted by molar-refractivity contribution is 6.00. The third kappa shape index (κ3) is 2.89. The van der Waals surface area contributed by atoms with Crippen molar-refractivity contribution in [1.29, 1.82) is 0 Å². The molecule has 1 aromatic rings. The Balaban J connectivity index is 2.27. The predicted octanol–water partition coefficient (Wildman–Crippen LogP) is 4.71. The van der Waals surface area contributed by atoms with Crippen molar-refractivity contribution in [1.82, 2.24) is 0 Å². The second-order valence-corrected chi connectivity index (χ2v) is 6.09. The Kier molecular flexibility index (Phi) is 4.85. The SMILES string of the molecule is CCC1CCCC(C(=O)c2ccc(C)c(C)c2OC)C1. The van der Waals surface area contributed by atoms with Gasteiger partial charge in [0.05, 0.1) is 12.7 Å². The number of Topliss-reactive ketones (excluding diaryl/α,β-unsaturated/α-hetero) is 1. The predicted molar refractivity (Wildman–Crippen MR) is 82.5 cm³/mol. The molecule has 1 saturated carbocycles. The highest BCUT2D eigenvalue weighted by Gasteiger charge is 2.29. The van der Waals surface area contributed by atoms with Crippen LogP contribution in [0.15, 0.2) is 12.1 Å². The molecule has 2 heteroatoms. The molecule has 0 saturated heterocycles. The van der Waals surface area contributed by atoms with Gasteiger partial charge in [-0.05, 0) is 49.8 Å². The molecule has 0 bridgehead atoms. The number of carbonyl (C=O) groups excluding carboxylic acids is 1. The van der Waals surface area contributed by atoms with Crippen LogP contribution in [0.25, 0.3) is 0 Å². The standard InChI is InChI=1S/C18H26O2/c1-5-14-7-6-8-15(11-14)17(19)16-10-9-12(2)13(3)18(16)20-4/h9-10,14-15H,5-8,11H2,1-4H3. The minimum atomic E-state index is 0.185. The van der Waals surface area contributed by atoms with Gasteiger partial charge in [0.2, 0.25) is 0 Å². The molecule has 0 amide bonds. The van der Waals surface area contributed by atoms with Gasteiger partial charge in [-0.3, -0.25) is 4.79 Å². The van der Waals surface area contributed by atoms with Crippen molar-refractivity contribution in [3.63, 3.8) is 0 Å². The van der Waals surface area contributed by atoms with Crippen LogP contribution >= 0.6 is 0 Å². The van der Waals surface area contributed by atoms with Crippen molar-refractivity contribution in [3.05, 3.63) is 28.8 Å². The molecule has 1 aromatic carbocycles. The van der Waals surface area contributed by atoms with Crippen molar-refractivity contribution in [3.8, 4) is 5.75 Å². The summed E-state index contributed by atoms with van der Waals surface area (Å²) in [5.74, 6) is 1.96. The van der Waals surface area contributed by atoms with E-state index in [-0.39, 0.29) is 11.7 Å². The van der Waals surface area contributed by atoms with E-state index in [2.05, 4.69) is 13.8 Å². The lowest BCUT2D eigenvalue weighted by Crippen LogP contribution is -2.23. The lowest BCUT2D eigenvalue weighted by Gasteiger charge is -2.28. The summed E-state index contributed by atoms with van der Waals surface area (Å²) < 4.78 is 5.50. The Labute approximate surface area is 122 Å². The van der Waals surface area contributed by atoms with Crippen LogP contribution in [0.4, 0.5) is 0 Å².